The zero-order valence-electron chi connectivity index (χ0n) is 14.3. The molecule has 2 aliphatic heterocycles. The lowest BCUT2D eigenvalue weighted by Crippen LogP contribution is -2.43. The molecule has 8 heteroatoms. The molecule has 0 radical (unpaired) electrons. The smallest absolute Gasteiger partial charge is 0.325 e. The highest BCUT2D eigenvalue weighted by atomic mass is 32.1. The van der Waals surface area contributed by atoms with Crippen molar-refractivity contribution >= 4 is 34.7 Å². The maximum Gasteiger partial charge on any atom is 0.325 e. The Kier molecular flexibility index (Phi) is 4.04. The van der Waals surface area contributed by atoms with E-state index in [0.29, 0.717) is 5.11 Å². The number of hydrogen-bond acceptors (Lipinski definition) is 4. The zero-order valence-corrected chi connectivity index (χ0v) is 15.1. The van der Waals surface area contributed by atoms with E-state index in [1.165, 1.54) is 0 Å². The van der Waals surface area contributed by atoms with Crippen molar-refractivity contribution in [3.63, 3.8) is 0 Å². The summed E-state index contributed by atoms with van der Waals surface area (Å²) in [5.74, 6) is 1.50. The van der Waals surface area contributed by atoms with Gasteiger partial charge in [-0.3, -0.25) is 9.80 Å². The predicted octanol–water partition coefficient (Wildman–Crippen LogP) is 2.28. The molecule has 2 atom stereocenters. The SMILES string of the molecule is COc1ccc(N2C(=O)NC3C2NC(=S)N3c2ccc(OC)cc2)cc1. The summed E-state index contributed by atoms with van der Waals surface area (Å²) >= 11 is 5.50. The second-order valence-electron chi connectivity index (χ2n) is 5.92. The molecule has 0 saturated carbocycles. The number of nitrogens with zero attached hydrogens (tertiary/aromatic N) is 2. The first-order chi connectivity index (χ1) is 12.6. The van der Waals surface area contributed by atoms with Crippen molar-refractivity contribution in [2.45, 2.75) is 12.3 Å². The largest absolute Gasteiger partial charge is 0.497 e. The van der Waals surface area contributed by atoms with Crippen LogP contribution in [-0.4, -0.2) is 37.7 Å². The van der Waals surface area contributed by atoms with Gasteiger partial charge in [-0.1, -0.05) is 0 Å². The highest BCUT2D eigenvalue weighted by molar-refractivity contribution is 7.80. The number of nitrogens with one attached hydrogen (secondary N) is 2. The summed E-state index contributed by atoms with van der Waals surface area (Å²) in [5.41, 5.74) is 1.65. The van der Waals surface area contributed by atoms with Crippen LogP contribution in [0.1, 0.15) is 0 Å². The number of fused-ring (bicyclic) bond motifs is 1. The van der Waals surface area contributed by atoms with E-state index in [0.717, 1.165) is 22.9 Å². The summed E-state index contributed by atoms with van der Waals surface area (Å²) < 4.78 is 10.4. The Hall–Kier alpha value is -3.00. The van der Waals surface area contributed by atoms with E-state index < -0.39 is 0 Å². The molecule has 2 amide bonds. The Labute approximate surface area is 156 Å². The fraction of sp³-hybridized carbons (Fsp3) is 0.222. The molecule has 0 bridgehead atoms. The Morgan fingerprint density at radius 3 is 1.77 bits per heavy atom. The molecular formula is C18H18N4O3S. The van der Waals surface area contributed by atoms with Gasteiger partial charge < -0.3 is 20.1 Å². The molecule has 26 heavy (non-hydrogen) atoms. The minimum absolute atomic E-state index is 0.182. The van der Waals surface area contributed by atoms with E-state index >= 15 is 0 Å². The molecular weight excluding hydrogens is 352 g/mol. The van der Waals surface area contributed by atoms with Crippen LogP contribution in [0.4, 0.5) is 16.2 Å². The number of anilines is 2. The molecule has 2 saturated heterocycles. The van der Waals surface area contributed by atoms with Crippen LogP contribution in [0.2, 0.25) is 0 Å². The number of urea groups is 1. The second kappa shape index (κ2) is 6.38. The Bertz CT molecular complexity index is 769. The van der Waals surface area contributed by atoms with Crippen LogP contribution in [0.5, 0.6) is 11.5 Å². The van der Waals surface area contributed by atoms with Gasteiger partial charge in [0.05, 0.1) is 14.2 Å². The van der Waals surface area contributed by atoms with Gasteiger partial charge in [-0.05, 0) is 60.7 Å². The molecule has 134 valence electrons. The van der Waals surface area contributed by atoms with Crippen LogP contribution in [-0.2, 0) is 0 Å². The lowest BCUT2D eigenvalue weighted by molar-refractivity contribution is 0.250. The van der Waals surface area contributed by atoms with Gasteiger partial charge in [0, 0.05) is 11.4 Å². The van der Waals surface area contributed by atoms with Crippen LogP contribution in [0, 0.1) is 0 Å². The monoisotopic (exact) mass is 370 g/mol. The number of carbonyl (C=O) groups excluding carboxylic acids is 1. The highest BCUT2D eigenvalue weighted by Crippen LogP contribution is 2.32. The lowest BCUT2D eigenvalue weighted by Gasteiger charge is -2.23. The number of thiocarbonyl (C=S) groups is 1. The first kappa shape index (κ1) is 16.5. The standard InChI is InChI=1S/C18H18N4O3S/c1-24-13-7-3-11(4-8-13)21-16-15(19-17(21)23)22(18(26)20-16)12-5-9-14(25-2)10-6-12/h3-10,15-16H,1-2H3,(H,19,23)(H,20,26). The summed E-state index contributed by atoms with van der Waals surface area (Å²) in [6.07, 6.45) is -0.601. The first-order valence-electron chi connectivity index (χ1n) is 8.10. The second-order valence-corrected chi connectivity index (χ2v) is 6.31. The van der Waals surface area contributed by atoms with Gasteiger partial charge in [-0.25, -0.2) is 4.79 Å². The van der Waals surface area contributed by atoms with Crippen molar-refractivity contribution in [1.29, 1.82) is 0 Å². The average Bonchev–Trinajstić information content (AvgIpc) is 3.14. The van der Waals surface area contributed by atoms with Gasteiger partial charge in [0.25, 0.3) is 0 Å². The van der Waals surface area contributed by atoms with Crippen molar-refractivity contribution < 1.29 is 14.3 Å². The van der Waals surface area contributed by atoms with Crippen molar-refractivity contribution in [2.24, 2.45) is 0 Å². The van der Waals surface area contributed by atoms with E-state index in [2.05, 4.69) is 10.6 Å². The molecule has 0 spiro atoms. The van der Waals surface area contributed by atoms with Gasteiger partial charge in [0.2, 0.25) is 0 Å². The number of rotatable bonds is 4. The predicted molar refractivity (Wildman–Crippen MR) is 103 cm³/mol. The maximum absolute atomic E-state index is 12.6. The van der Waals surface area contributed by atoms with Gasteiger partial charge in [-0.15, -0.1) is 0 Å². The van der Waals surface area contributed by atoms with E-state index in [1.54, 1.807) is 19.1 Å². The fourth-order valence-corrected chi connectivity index (χ4v) is 3.60. The average molecular weight is 370 g/mol. The zero-order chi connectivity index (χ0) is 18.3. The molecule has 2 fully saturated rings. The number of hydrogen-bond donors (Lipinski definition) is 2. The molecule has 2 N–H and O–H groups in total. The van der Waals surface area contributed by atoms with Crippen LogP contribution >= 0.6 is 12.2 Å². The van der Waals surface area contributed by atoms with Crippen LogP contribution in [0.25, 0.3) is 0 Å². The van der Waals surface area contributed by atoms with Gasteiger partial charge in [0.1, 0.15) is 23.8 Å². The molecule has 2 aliphatic rings. The summed E-state index contributed by atoms with van der Waals surface area (Å²) in [7, 11) is 3.23. The molecule has 0 aromatic heterocycles. The molecule has 2 heterocycles. The summed E-state index contributed by atoms with van der Waals surface area (Å²) in [6.45, 7) is 0. The van der Waals surface area contributed by atoms with Crippen molar-refractivity contribution in [2.75, 3.05) is 24.0 Å². The summed E-state index contributed by atoms with van der Waals surface area (Å²) in [5, 5.41) is 6.80. The Morgan fingerprint density at radius 1 is 0.808 bits per heavy atom. The Morgan fingerprint density at radius 2 is 1.27 bits per heavy atom. The van der Waals surface area contributed by atoms with Crippen LogP contribution in [0.15, 0.2) is 48.5 Å². The molecule has 2 aromatic carbocycles. The number of benzene rings is 2. The molecule has 2 unspecified atom stereocenters. The minimum atomic E-state index is -0.300. The first-order valence-corrected chi connectivity index (χ1v) is 8.51. The maximum atomic E-state index is 12.6. The summed E-state index contributed by atoms with van der Waals surface area (Å²) in [4.78, 5) is 16.2. The van der Waals surface area contributed by atoms with Crippen molar-refractivity contribution in [3.05, 3.63) is 48.5 Å². The highest BCUT2D eigenvalue weighted by Gasteiger charge is 2.49. The van der Waals surface area contributed by atoms with E-state index in [1.807, 2.05) is 53.4 Å². The van der Waals surface area contributed by atoms with E-state index in [9.17, 15) is 4.79 Å². The summed E-state index contributed by atoms with van der Waals surface area (Å²) in [6, 6.07) is 14.7. The minimum Gasteiger partial charge on any atom is -0.497 e. The van der Waals surface area contributed by atoms with Crippen molar-refractivity contribution in [1.82, 2.24) is 10.6 Å². The molecule has 7 nitrogen and oxygen atoms in total. The quantitative estimate of drug-likeness (QED) is 0.805. The number of amides is 2. The third kappa shape index (κ3) is 2.59. The van der Waals surface area contributed by atoms with Gasteiger partial charge >= 0.3 is 6.03 Å². The van der Waals surface area contributed by atoms with Crippen LogP contribution in [0.3, 0.4) is 0 Å². The van der Waals surface area contributed by atoms with Crippen molar-refractivity contribution in [3.8, 4) is 11.5 Å². The molecule has 0 aliphatic carbocycles. The molecule has 4 rings (SSSR count). The third-order valence-corrected chi connectivity index (χ3v) is 4.85. The Balaban J connectivity index is 1.63. The fourth-order valence-electron chi connectivity index (χ4n) is 3.26. The van der Waals surface area contributed by atoms with Crippen LogP contribution < -0.4 is 29.9 Å². The topological polar surface area (TPSA) is 66.1 Å². The lowest BCUT2D eigenvalue weighted by atomic mass is 10.2. The van der Waals surface area contributed by atoms with Gasteiger partial charge in [0.15, 0.2) is 5.11 Å². The van der Waals surface area contributed by atoms with E-state index in [4.69, 9.17) is 21.7 Å². The third-order valence-electron chi connectivity index (χ3n) is 4.54. The molecule has 2 aromatic rings. The number of methoxy groups -OCH3 is 2. The van der Waals surface area contributed by atoms with E-state index in [-0.39, 0.29) is 18.4 Å². The number of ether oxygens (including phenoxy) is 2. The van der Waals surface area contributed by atoms with Gasteiger partial charge in [-0.2, -0.15) is 0 Å². The normalized spacial score (nSPS) is 21.3. The number of carbonyl (C=O) groups is 1.